The lowest BCUT2D eigenvalue weighted by atomic mass is 10.1. The zero-order chi connectivity index (χ0) is 26.2. The van der Waals surface area contributed by atoms with Gasteiger partial charge in [-0.25, -0.2) is 4.79 Å². The third-order valence-corrected chi connectivity index (χ3v) is 6.93. The lowest BCUT2D eigenvalue weighted by molar-refractivity contribution is -0.122. The van der Waals surface area contributed by atoms with Crippen molar-refractivity contribution in [1.82, 2.24) is 20.9 Å². The van der Waals surface area contributed by atoms with Crippen molar-refractivity contribution in [2.75, 3.05) is 59.8 Å². The summed E-state index contributed by atoms with van der Waals surface area (Å²) in [6.45, 7) is 6.88. The first kappa shape index (κ1) is 29.5. The average Bonchev–Trinajstić information content (AvgIpc) is 2.88. The summed E-state index contributed by atoms with van der Waals surface area (Å²) >= 11 is 1.39. The smallest absolute Gasteiger partial charge is 0.315 e. The summed E-state index contributed by atoms with van der Waals surface area (Å²) in [4.78, 5) is 27.9. The predicted octanol–water partition coefficient (Wildman–Crippen LogP) is 1.85. The third-order valence-electron chi connectivity index (χ3n) is 5.37. The summed E-state index contributed by atoms with van der Waals surface area (Å²) in [5.74, 6) is 0.731. The molecule has 2 unspecified atom stereocenters. The van der Waals surface area contributed by atoms with Crippen LogP contribution in [-0.2, 0) is 19.0 Å². The van der Waals surface area contributed by atoms with E-state index in [0.29, 0.717) is 46.1 Å². The van der Waals surface area contributed by atoms with Crippen molar-refractivity contribution in [3.05, 3.63) is 29.8 Å². The molecule has 1 aliphatic heterocycles. The monoisotopic (exact) mass is 525 g/mol. The van der Waals surface area contributed by atoms with Crippen LogP contribution in [0, 0.1) is 11.4 Å². The zero-order valence-corrected chi connectivity index (χ0v) is 21.8. The number of hydrogen-bond donors (Lipinski definition) is 4. The maximum atomic E-state index is 13.2. The van der Waals surface area contributed by atoms with Gasteiger partial charge < -0.3 is 34.9 Å². The normalized spacial score (nSPS) is 18.8. The summed E-state index contributed by atoms with van der Waals surface area (Å²) in [6, 6.07) is 7.09. The first-order valence-electron chi connectivity index (χ1n) is 11.8. The number of hydrogen-bond acceptors (Lipinski definition) is 9. The Morgan fingerprint density at radius 3 is 2.53 bits per heavy atom. The molecule has 0 aliphatic carbocycles. The third kappa shape index (κ3) is 10.9. The topological polar surface area (TPSA) is 157 Å². The lowest BCUT2D eigenvalue weighted by Crippen LogP contribution is -2.54. The molecule has 3 amide bonds. The summed E-state index contributed by atoms with van der Waals surface area (Å²) in [6.07, 6.45) is 0. The molecule has 13 heteroatoms. The Hall–Kier alpha value is -2.70. The van der Waals surface area contributed by atoms with Crippen LogP contribution in [0.15, 0.2) is 29.4 Å². The van der Waals surface area contributed by atoms with Gasteiger partial charge in [-0.3, -0.25) is 4.79 Å². The highest BCUT2D eigenvalue weighted by molar-refractivity contribution is 8.01. The Morgan fingerprint density at radius 1 is 1.19 bits per heavy atom. The molecule has 0 radical (unpaired) electrons. The van der Waals surface area contributed by atoms with Crippen LogP contribution in [-0.4, -0.2) is 82.4 Å². The first-order chi connectivity index (χ1) is 17.4. The van der Waals surface area contributed by atoms with Crippen molar-refractivity contribution < 1.29 is 28.5 Å². The second-order valence-corrected chi connectivity index (χ2v) is 9.49. The summed E-state index contributed by atoms with van der Waals surface area (Å²) in [5.41, 5.74) is 7.51. The number of carbonyl (C=O) groups excluding carboxylic acids is 2. The molecular weight excluding hydrogens is 488 g/mol. The molecule has 1 saturated heterocycles. The van der Waals surface area contributed by atoms with Crippen molar-refractivity contribution in [1.29, 1.82) is 5.53 Å². The van der Waals surface area contributed by atoms with E-state index >= 15 is 0 Å². The number of benzene rings is 1. The summed E-state index contributed by atoms with van der Waals surface area (Å²) in [7, 11) is 1.61. The van der Waals surface area contributed by atoms with Crippen LogP contribution in [0.1, 0.15) is 25.5 Å². The number of thioether (sulfide) groups is 1. The minimum atomic E-state index is -0.522. The highest BCUT2D eigenvalue weighted by atomic mass is 32.2. The number of amides is 3. The van der Waals surface area contributed by atoms with Gasteiger partial charge in [0.2, 0.25) is 10.8 Å². The Bertz CT molecular complexity index is 854. The molecule has 0 saturated carbocycles. The van der Waals surface area contributed by atoms with Crippen molar-refractivity contribution in [3.63, 3.8) is 0 Å². The van der Waals surface area contributed by atoms with Gasteiger partial charge in [-0.05, 0) is 24.6 Å². The summed E-state index contributed by atoms with van der Waals surface area (Å²) < 4.78 is 21.7. The molecule has 1 heterocycles. The summed E-state index contributed by atoms with van der Waals surface area (Å²) in [5, 5.41) is 11.5. The zero-order valence-electron chi connectivity index (χ0n) is 21.0. The van der Waals surface area contributed by atoms with E-state index in [2.05, 4.69) is 26.0 Å². The molecule has 1 aromatic carbocycles. The van der Waals surface area contributed by atoms with E-state index in [9.17, 15) is 9.59 Å². The fraction of sp³-hybridized carbons (Fsp3) is 0.652. The van der Waals surface area contributed by atoms with Crippen molar-refractivity contribution in [3.8, 4) is 5.75 Å². The molecule has 0 spiro atoms. The van der Waals surface area contributed by atoms with E-state index in [1.807, 2.05) is 38.1 Å². The van der Waals surface area contributed by atoms with Crippen LogP contribution < -0.4 is 25.6 Å². The van der Waals surface area contributed by atoms with Crippen LogP contribution in [0.4, 0.5) is 4.79 Å². The van der Waals surface area contributed by atoms with E-state index in [0.717, 1.165) is 11.3 Å². The molecule has 0 bridgehead atoms. The molecule has 36 heavy (non-hydrogen) atoms. The minimum absolute atomic E-state index is 0.146. The molecule has 12 nitrogen and oxygen atoms in total. The van der Waals surface area contributed by atoms with Crippen molar-refractivity contribution >= 4 is 23.7 Å². The number of ether oxygens (including phenoxy) is 4. The van der Waals surface area contributed by atoms with E-state index in [-0.39, 0.29) is 35.9 Å². The molecule has 2 rings (SSSR count). The Morgan fingerprint density at radius 2 is 1.86 bits per heavy atom. The van der Waals surface area contributed by atoms with E-state index in [4.69, 9.17) is 24.5 Å². The number of carbonyl (C=O) groups is 2. The van der Waals surface area contributed by atoms with Crippen molar-refractivity contribution in [2.45, 2.75) is 30.5 Å². The molecule has 4 atom stereocenters. The maximum absolute atomic E-state index is 13.2. The van der Waals surface area contributed by atoms with Crippen LogP contribution in [0.25, 0.3) is 0 Å². The predicted molar refractivity (Wildman–Crippen MR) is 135 cm³/mol. The largest absolute Gasteiger partial charge is 0.497 e. The van der Waals surface area contributed by atoms with Gasteiger partial charge >= 0.3 is 6.03 Å². The van der Waals surface area contributed by atoms with Gasteiger partial charge in [0.1, 0.15) is 28.2 Å². The number of nitrogens with zero attached hydrogens (tertiary/aromatic N) is 2. The number of nitrogens with one attached hydrogen (secondary N) is 4. The minimum Gasteiger partial charge on any atom is -0.497 e. The fourth-order valence-corrected chi connectivity index (χ4v) is 4.53. The fourth-order valence-electron chi connectivity index (χ4n) is 3.27. The van der Waals surface area contributed by atoms with Gasteiger partial charge in [-0.15, -0.1) is 11.8 Å². The molecule has 0 aromatic heterocycles. The highest BCUT2D eigenvalue weighted by Gasteiger charge is 2.31. The molecule has 1 aromatic rings. The van der Waals surface area contributed by atoms with Gasteiger partial charge in [0.15, 0.2) is 0 Å². The van der Waals surface area contributed by atoms with Crippen LogP contribution in [0.5, 0.6) is 5.75 Å². The van der Waals surface area contributed by atoms with E-state index in [1.54, 1.807) is 7.11 Å². The Kier molecular flexibility index (Phi) is 13.8. The van der Waals surface area contributed by atoms with E-state index in [1.165, 1.54) is 11.8 Å². The first-order valence-corrected chi connectivity index (χ1v) is 12.8. The lowest BCUT2D eigenvalue weighted by Gasteiger charge is -2.32. The van der Waals surface area contributed by atoms with Crippen molar-refractivity contribution in [2.24, 2.45) is 11.0 Å². The quantitative estimate of drug-likeness (QED) is 0.137. The number of rotatable bonds is 17. The van der Waals surface area contributed by atoms with Gasteiger partial charge in [0, 0.05) is 12.5 Å². The molecule has 200 valence electrons. The maximum Gasteiger partial charge on any atom is 0.315 e. The van der Waals surface area contributed by atoms with Gasteiger partial charge in [-0.1, -0.05) is 19.1 Å². The van der Waals surface area contributed by atoms with Crippen LogP contribution in [0.3, 0.4) is 0 Å². The second kappa shape index (κ2) is 16.9. The van der Waals surface area contributed by atoms with E-state index < -0.39 is 5.25 Å². The number of urea groups is 1. The SMILES string of the molecule is COc1ccc([C@@H](C)NC(=O)[C@H](COCCOCCOCCN=[N+]=N)SC2NC(=O)NCC2C)cc1. The Balaban J connectivity index is 1.83. The van der Waals surface area contributed by atoms with Crippen LogP contribution >= 0.6 is 11.8 Å². The van der Waals surface area contributed by atoms with Gasteiger partial charge in [-0.2, -0.15) is 0 Å². The second-order valence-electron chi connectivity index (χ2n) is 8.15. The molecular formula is C23H37N6O6S+. The average molecular weight is 526 g/mol. The molecule has 4 N–H and O–H groups in total. The molecule has 1 fully saturated rings. The molecule has 1 aliphatic rings. The number of methoxy groups -OCH3 is 1. The van der Waals surface area contributed by atoms with Gasteiger partial charge in [0.25, 0.3) is 0 Å². The van der Waals surface area contributed by atoms with Gasteiger partial charge in [0.05, 0.1) is 58.2 Å². The standard InChI is InChI=1S/C23H36N6O6S/c1-16-14-25-23(31)28-22(16)36-20(15-35-13-12-34-11-10-33-9-8-26-29-24)21(30)27-17(2)18-4-6-19(32-3)7-5-18/h4-7,16-17,20,22,24H,8-15H2,1-3H3,(H2-,25,27,28,30,31)/p+1/t16?,17-,20+,22?/m1/s1. The van der Waals surface area contributed by atoms with Crippen LogP contribution in [0.2, 0.25) is 0 Å². The highest BCUT2D eigenvalue weighted by Crippen LogP contribution is 2.26. The Labute approximate surface area is 215 Å².